The van der Waals surface area contributed by atoms with Crippen molar-refractivity contribution in [2.45, 2.75) is 30.7 Å². The van der Waals surface area contributed by atoms with Crippen LogP contribution in [0.5, 0.6) is 0 Å². The topological polar surface area (TPSA) is 77.8 Å². The molecule has 0 aromatic heterocycles. The van der Waals surface area contributed by atoms with E-state index in [0.29, 0.717) is 0 Å². The minimum Gasteiger partial charge on any atom is -0.480 e. The lowest BCUT2D eigenvalue weighted by atomic mass is 10.2. The fraction of sp³-hybridized carbons (Fsp3) is 0.750. The third-order valence-electron chi connectivity index (χ3n) is 2.35. The van der Waals surface area contributed by atoms with E-state index in [-0.39, 0.29) is 18.9 Å². The van der Waals surface area contributed by atoms with Crippen LogP contribution < -0.4 is 0 Å². The van der Waals surface area contributed by atoms with E-state index in [1.807, 2.05) is 0 Å². The minimum atomic E-state index is -1.07. The number of rotatable bonds is 3. The van der Waals surface area contributed by atoms with Crippen LogP contribution in [-0.4, -0.2) is 50.9 Å². The summed E-state index contributed by atoms with van der Waals surface area (Å²) in [5, 5.41) is 17.8. The molecule has 1 aliphatic heterocycles. The molecule has 7 heteroatoms. The molecule has 86 valence electrons. The van der Waals surface area contributed by atoms with Crippen molar-refractivity contribution in [2.24, 2.45) is 0 Å². The van der Waals surface area contributed by atoms with Crippen molar-refractivity contribution in [3.05, 3.63) is 0 Å². The van der Waals surface area contributed by atoms with E-state index in [9.17, 15) is 14.7 Å². The molecular weight excluding hydrogens is 238 g/mol. The van der Waals surface area contributed by atoms with Gasteiger partial charge < -0.3 is 15.1 Å². The highest BCUT2D eigenvalue weighted by molar-refractivity contribution is 8.69. The Morgan fingerprint density at radius 1 is 1.60 bits per heavy atom. The number of thiol groups is 1. The molecule has 5 nitrogen and oxygen atoms in total. The first-order valence-corrected chi connectivity index (χ1v) is 6.42. The van der Waals surface area contributed by atoms with Crippen LogP contribution >= 0.6 is 22.5 Å². The monoisotopic (exact) mass is 251 g/mol. The van der Waals surface area contributed by atoms with Gasteiger partial charge in [0.15, 0.2) is 0 Å². The van der Waals surface area contributed by atoms with Gasteiger partial charge in [-0.3, -0.25) is 4.79 Å². The first kappa shape index (κ1) is 12.7. The summed E-state index contributed by atoms with van der Waals surface area (Å²) in [5.74, 6) is -1.37. The summed E-state index contributed by atoms with van der Waals surface area (Å²) < 4.78 is 0. The molecule has 1 amide bonds. The standard InChI is InChI=1S/C8H13NO4S2/c1-4(15-14)7(11)9-3-5(10)2-6(9)8(12)13/h4-6,10,14H,2-3H2,1H3,(H,12,13)/t4?,5?,6-/m0/s1. The Labute approximate surface area is 96.6 Å². The number of aliphatic hydroxyl groups is 1. The Morgan fingerprint density at radius 3 is 2.67 bits per heavy atom. The van der Waals surface area contributed by atoms with Crippen molar-refractivity contribution in [2.75, 3.05) is 6.54 Å². The second kappa shape index (κ2) is 5.09. The maximum absolute atomic E-state index is 11.7. The summed E-state index contributed by atoms with van der Waals surface area (Å²) in [6, 6.07) is -0.907. The van der Waals surface area contributed by atoms with Crippen LogP contribution in [0.1, 0.15) is 13.3 Å². The number of hydrogen-bond donors (Lipinski definition) is 3. The highest BCUT2D eigenvalue weighted by atomic mass is 33.1. The van der Waals surface area contributed by atoms with Crippen molar-refractivity contribution in [3.8, 4) is 0 Å². The molecule has 3 atom stereocenters. The lowest BCUT2D eigenvalue weighted by Crippen LogP contribution is -2.43. The number of amides is 1. The van der Waals surface area contributed by atoms with Crippen molar-refractivity contribution in [3.63, 3.8) is 0 Å². The van der Waals surface area contributed by atoms with Gasteiger partial charge in [-0.15, -0.1) is 11.7 Å². The predicted octanol–water partition coefficient (Wildman–Crippen LogP) is -0.000700. The quantitative estimate of drug-likeness (QED) is 0.486. The number of aliphatic hydroxyl groups excluding tert-OH is 1. The van der Waals surface area contributed by atoms with Gasteiger partial charge in [0.25, 0.3) is 0 Å². The Hall–Kier alpha value is -0.400. The smallest absolute Gasteiger partial charge is 0.326 e. The summed E-state index contributed by atoms with van der Waals surface area (Å²) in [5.41, 5.74) is 0. The van der Waals surface area contributed by atoms with E-state index in [2.05, 4.69) is 11.7 Å². The zero-order valence-corrected chi connectivity index (χ0v) is 9.87. The number of aliphatic carboxylic acids is 1. The van der Waals surface area contributed by atoms with Gasteiger partial charge in [-0.25, -0.2) is 4.79 Å². The van der Waals surface area contributed by atoms with Crippen molar-refractivity contribution in [1.29, 1.82) is 0 Å². The van der Waals surface area contributed by atoms with Crippen LogP contribution in [0.15, 0.2) is 0 Å². The van der Waals surface area contributed by atoms with E-state index in [1.54, 1.807) is 6.92 Å². The molecular formula is C8H13NO4S2. The molecule has 0 saturated carbocycles. The highest BCUT2D eigenvalue weighted by Crippen LogP contribution is 2.23. The van der Waals surface area contributed by atoms with Gasteiger partial charge in [0.1, 0.15) is 6.04 Å². The van der Waals surface area contributed by atoms with E-state index < -0.39 is 23.4 Å². The first-order chi connectivity index (χ1) is 6.97. The number of likely N-dealkylation sites (tertiary alicyclic amines) is 1. The number of carbonyl (C=O) groups is 2. The van der Waals surface area contributed by atoms with E-state index >= 15 is 0 Å². The van der Waals surface area contributed by atoms with Gasteiger partial charge in [-0.05, 0) is 6.92 Å². The predicted molar refractivity (Wildman–Crippen MR) is 59.8 cm³/mol. The maximum atomic E-state index is 11.7. The molecule has 0 spiro atoms. The van der Waals surface area contributed by atoms with E-state index in [0.717, 1.165) is 10.8 Å². The number of carboxylic acids is 1. The van der Waals surface area contributed by atoms with Crippen LogP contribution in [-0.2, 0) is 9.59 Å². The Morgan fingerprint density at radius 2 is 2.20 bits per heavy atom. The number of carboxylic acid groups (broad SMARTS) is 1. The van der Waals surface area contributed by atoms with Crippen LogP contribution in [0.4, 0.5) is 0 Å². The number of nitrogens with zero attached hydrogens (tertiary/aromatic N) is 1. The summed E-state index contributed by atoms with van der Waals surface area (Å²) in [7, 11) is 1.06. The summed E-state index contributed by atoms with van der Waals surface area (Å²) in [4.78, 5) is 23.8. The first-order valence-electron chi connectivity index (χ1n) is 4.49. The van der Waals surface area contributed by atoms with Crippen molar-refractivity contribution >= 4 is 34.3 Å². The summed E-state index contributed by atoms with van der Waals surface area (Å²) in [6.45, 7) is 1.75. The number of carbonyl (C=O) groups excluding carboxylic acids is 1. The SMILES string of the molecule is CC(SS)C(=O)N1CC(O)C[C@H]1C(=O)O. The highest BCUT2D eigenvalue weighted by Gasteiger charge is 2.40. The van der Waals surface area contributed by atoms with Crippen LogP contribution in [0.3, 0.4) is 0 Å². The second-order valence-corrected chi connectivity index (χ2v) is 5.03. The van der Waals surface area contributed by atoms with Crippen molar-refractivity contribution in [1.82, 2.24) is 4.90 Å². The molecule has 15 heavy (non-hydrogen) atoms. The maximum Gasteiger partial charge on any atom is 0.326 e. The molecule has 1 fully saturated rings. The Bertz CT molecular complexity index is 273. The van der Waals surface area contributed by atoms with Crippen LogP contribution in [0.25, 0.3) is 0 Å². The molecule has 1 saturated heterocycles. The lowest BCUT2D eigenvalue weighted by Gasteiger charge is -2.23. The van der Waals surface area contributed by atoms with Gasteiger partial charge in [-0.1, -0.05) is 10.8 Å². The van der Waals surface area contributed by atoms with Gasteiger partial charge in [0.05, 0.1) is 11.4 Å². The van der Waals surface area contributed by atoms with Crippen LogP contribution in [0.2, 0.25) is 0 Å². The average molecular weight is 251 g/mol. The molecule has 1 heterocycles. The van der Waals surface area contributed by atoms with Gasteiger partial charge in [0.2, 0.25) is 5.91 Å². The number of β-amino-alcohol motifs (C(OH)–C–C–N with tert-alkyl or cyclic N) is 1. The minimum absolute atomic E-state index is 0.0917. The number of hydrogen-bond acceptors (Lipinski definition) is 5. The average Bonchev–Trinajstić information content (AvgIpc) is 2.58. The molecule has 1 rings (SSSR count). The molecule has 0 aromatic carbocycles. The van der Waals surface area contributed by atoms with E-state index in [4.69, 9.17) is 5.11 Å². The zero-order valence-electron chi connectivity index (χ0n) is 8.16. The second-order valence-electron chi connectivity index (χ2n) is 3.48. The third-order valence-corrected chi connectivity index (χ3v) is 3.82. The van der Waals surface area contributed by atoms with Gasteiger partial charge in [0, 0.05) is 13.0 Å². The third kappa shape index (κ3) is 2.79. The normalized spacial score (nSPS) is 27.8. The zero-order chi connectivity index (χ0) is 11.6. The Balaban J connectivity index is 2.75. The molecule has 0 radical (unpaired) electrons. The largest absolute Gasteiger partial charge is 0.480 e. The fourth-order valence-electron chi connectivity index (χ4n) is 1.57. The molecule has 0 aromatic rings. The molecule has 0 aliphatic carbocycles. The molecule has 0 bridgehead atoms. The Kier molecular flexibility index (Phi) is 4.30. The molecule has 1 aliphatic rings. The van der Waals surface area contributed by atoms with Crippen molar-refractivity contribution < 1.29 is 19.8 Å². The fourth-order valence-corrected chi connectivity index (χ4v) is 2.07. The van der Waals surface area contributed by atoms with E-state index in [1.165, 1.54) is 4.90 Å². The lowest BCUT2D eigenvalue weighted by molar-refractivity contribution is -0.147. The van der Waals surface area contributed by atoms with Gasteiger partial charge >= 0.3 is 5.97 Å². The van der Waals surface area contributed by atoms with Gasteiger partial charge in [-0.2, -0.15) is 0 Å². The molecule has 2 N–H and O–H groups in total. The summed E-state index contributed by atoms with van der Waals surface area (Å²) in [6.07, 6.45) is -0.641. The van der Waals surface area contributed by atoms with Crippen LogP contribution in [0, 0.1) is 0 Å². The molecule has 2 unspecified atom stereocenters. The summed E-state index contributed by atoms with van der Waals surface area (Å²) >= 11 is 3.91.